The summed E-state index contributed by atoms with van der Waals surface area (Å²) in [6, 6.07) is 5.58. The van der Waals surface area contributed by atoms with E-state index in [0.717, 1.165) is 12.0 Å². The van der Waals surface area contributed by atoms with Crippen LogP contribution in [0.1, 0.15) is 34.2 Å². The summed E-state index contributed by atoms with van der Waals surface area (Å²) in [6.07, 6.45) is 5.50. The van der Waals surface area contributed by atoms with Gasteiger partial charge in [0.05, 0.1) is 24.8 Å². The number of aryl methyl sites for hydroxylation is 1. The van der Waals surface area contributed by atoms with Gasteiger partial charge in [0, 0.05) is 25.5 Å². The van der Waals surface area contributed by atoms with Crippen LogP contribution >= 0.6 is 0 Å². The van der Waals surface area contributed by atoms with Gasteiger partial charge in [0.1, 0.15) is 11.4 Å². The molecule has 0 bridgehead atoms. The van der Waals surface area contributed by atoms with Gasteiger partial charge in [-0.1, -0.05) is 12.1 Å². The maximum atomic E-state index is 12.9. The quantitative estimate of drug-likeness (QED) is 0.701. The Morgan fingerprint density at radius 1 is 1.30 bits per heavy atom. The number of likely N-dealkylation sites (tertiary alicyclic amines) is 1. The SMILES string of the molecule is COc1c(C)cccc1C(=O)N1CC[C@H](c2nnc(-c3cnccn3)o2)C1. The molecule has 0 aliphatic carbocycles. The number of hydrogen-bond acceptors (Lipinski definition) is 7. The van der Waals surface area contributed by atoms with Crippen molar-refractivity contribution in [2.24, 2.45) is 0 Å². The molecule has 3 aromatic rings. The Morgan fingerprint density at radius 2 is 2.19 bits per heavy atom. The molecule has 1 fully saturated rings. The average molecular weight is 365 g/mol. The number of rotatable bonds is 4. The number of methoxy groups -OCH3 is 1. The van der Waals surface area contributed by atoms with E-state index in [0.29, 0.717) is 41.9 Å². The van der Waals surface area contributed by atoms with E-state index >= 15 is 0 Å². The maximum Gasteiger partial charge on any atom is 0.267 e. The van der Waals surface area contributed by atoms with E-state index in [4.69, 9.17) is 9.15 Å². The van der Waals surface area contributed by atoms with E-state index in [2.05, 4.69) is 20.2 Å². The van der Waals surface area contributed by atoms with Crippen molar-refractivity contribution >= 4 is 5.91 Å². The lowest BCUT2D eigenvalue weighted by Gasteiger charge is -2.18. The molecule has 1 amide bonds. The van der Waals surface area contributed by atoms with Crippen LogP contribution in [0, 0.1) is 6.92 Å². The van der Waals surface area contributed by atoms with Crippen LogP contribution in [-0.4, -0.2) is 51.2 Å². The molecule has 0 unspecified atom stereocenters. The molecule has 2 aromatic heterocycles. The lowest BCUT2D eigenvalue weighted by atomic mass is 10.1. The molecule has 1 aliphatic heterocycles. The molecule has 1 aliphatic rings. The van der Waals surface area contributed by atoms with Crippen LogP contribution in [0.5, 0.6) is 5.75 Å². The predicted molar refractivity (Wildman–Crippen MR) is 96.3 cm³/mol. The van der Waals surface area contributed by atoms with E-state index in [1.165, 1.54) is 0 Å². The summed E-state index contributed by atoms with van der Waals surface area (Å²) >= 11 is 0. The monoisotopic (exact) mass is 365 g/mol. The zero-order valence-electron chi connectivity index (χ0n) is 15.1. The fourth-order valence-electron chi connectivity index (χ4n) is 3.32. The van der Waals surface area contributed by atoms with Crippen molar-refractivity contribution in [1.29, 1.82) is 0 Å². The third-order valence-corrected chi connectivity index (χ3v) is 4.69. The molecule has 1 aromatic carbocycles. The van der Waals surface area contributed by atoms with Gasteiger partial charge in [-0.3, -0.25) is 9.78 Å². The van der Waals surface area contributed by atoms with E-state index in [9.17, 15) is 4.79 Å². The molecule has 0 saturated carbocycles. The van der Waals surface area contributed by atoms with Crippen molar-refractivity contribution < 1.29 is 13.9 Å². The summed E-state index contributed by atoms with van der Waals surface area (Å²) in [6.45, 7) is 3.08. The molecule has 8 nitrogen and oxygen atoms in total. The number of ether oxygens (including phenoxy) is 1. The summed E-state index contributed by atoms with van der Waals surface area (Å²) in [7, 11) is 1.58. The molecule has 3 heterocycles. The largest absolute Gasteiger partial charge is 0.496 e. The van der Waals surface area contributed by atoms with Gasteiger partial charge in [0.2, 0.25) is 5.89 Å². The molecule has 8 heteroatoms. The Labute approximate surface area is 156 Å². The number of nitrogens with zero attached hydrogens (tertiary/aromatic N) is 5. The van der Waals surface area contributed by atoms with Crippen LogP contribution in [0.2, 0.25) is 0 Å². The third kappa shape index (κ3) is 3.25. The maximum absolute atomic E-state index is 12.9. The van der Waals surface area contributed by atoms with Gasteiger partial charge in [0.15, 0.2) is 0 Å². The van der Waals surface area contributed by atoms with Crippen molar-refractivity contribution in [2.45, 2.75) is 19.3 Å². The number of hydrogen-bond donors (Lipinski definition) is 0. The summed E-state index contributed by atoms with van der Waals surface area (Å²) in [4.78, 5) is 22.9. The normalized spacial score (nSPS) is 16.5. The number of amides is 1. The van der Waals surface area contributed by atoms with Crippen LogP contribution < -0.4 is 4.74 Å². The van der Waals surface area contributed by atoms with Gasteiger partial charge < -0.3 is 14.1 Å². The van der Waals surface area contributed by atoms with Crippen molar-refractivity contribution in [1.82, 2.24) is 25.1 Å². The first-order chi connectivity index (χ1) is 13.2. The fraction of sp³-hybridized carbons (Fsp3) is 0.316. The predicted octanol–water partition coefficient (Wildman–Crippen LogP) is 2.47. The van der Waals surface area contributed by atoms with Gasteiger partial charge in [-0.05, 0) is 25.0 Å². The van der Waals surface area contributed by atoms with Crippen molar-refractivity contribution in [3.8, 4) is 17.3 Å². The molecule has 1 saturated heterocycles. The van der Waals surface area contributed by atoms with Crippen molar-refractivity contribution in [3.05, 3.63) is 53.8 Å². The smallest absolute Gasteiger partial charge is 0.267 e. The summed E-state index contributed by atoms with van der Waals surface area (Å²) in [5.41, 5.74) is 2.04. The zero-order chi connectivity index (χ0) is 18.8. The Balaban J connectivity index is 1.50. The number of aromatic nitrogens is 4. The topological polar surface area (TPSA) is 94.2 Å². The summed E-state index contributed by atoms with van der Waals surface area (Å²) < 4.78 is 11.2. The highest BCUT2D eigenvalue weighted by Crippen LogP contribution is 2.31. The lowest BCUT2D eigenvalue weighted by molar-refractivity contribution is 0.0786. The Kier molecular flexibility index (Phi) is 4.53. The molecule has 0 N–H and O–H groups in total. The van der Waals surface area contributed by atoms with Crippen molar-refractivity contribution in [2.75, 3.05) is 20.2 Å². The molecule has 138 valence electrons. The van der Waals surface area contributed by atoms with Crippen LogP contribution in [-0.2, 0) is 0 Å². The highest BCUT2D eigenvalue weighted by molar-refractivity contribution is 5.97. The highest BCUT2D eigenvalue weighted by atomic mass is 16.5. The second kappa shape index (κ2) is 7.14. The first kappa shape index (κ1) is 17.1. The highest BCUT2D eigenvalue weighted by Gasteiger charge is 2.32. The minimum Gasteiger partial charge on any atom is -0.496 e. The van der Waals surface area contributed by atoms with E-state index in [-0.39, 0.29) is 11.8 Å². The minimum absolute atomic E-state index is 0.00248. The molecular formula is C19H19N5O3. The lowest BCUT2D eigenvalue weighted by Crippen LogP contribution is -2.29. The minimum atomic E-state index is -0.0493. The first-order valence-corrected chi connectivity index (χ1v) is 8.70. The summed E-state index contributed by atoms with van der Waals surface area (Å²) in [5, 5.41) is 8.20. The van der Waals surface area contributed by atoms with Gasteiger partial charge in [-0.25, -0.2) is 4.98 Å². The van der Waals surface area contributed by atoms with Gasteiger partial charge >= 0.3 is 0 Å². The zero-order valence-corrected chi connectivity index (χ0v) is 15.1. The number of carbonyl (C=O) groups excluding carboxylic acids is 1. The number of carbonyl (C=O) groups is 1. The first-order valence-electron chi connectivity index (χ1n) is 8.70. The molecular weight excluding hydrogens is 346 g/mol. The van der Waals surface area contributed by atoms with Gasteiger partial charge in [-0.2, -0.15) is 0 Å². The summed E-state index contributed by atoms with van der Waals surface area (Å²) in [5.74, 6) is 1.42. The fourth-order valence-corrected chi connectivity index (χ4v) is 3.32. The second-order valence-electron chi connectivity index (χ2n) is 6.43. The van der Waals surface area contributed by atoms with Crippen LogP contribution in [0.3, 0.4) is 0 Å². The molecule has 1 atom stereocenters. The van der Waals surface area contributed by atoms with Crippen molar-refractivity contribution in [3.63, 3.8) is 0 Å². The van der Waals surface area contributed by atoms with Gasteiger partial charge in [-0.15, -0.1) is 10.2 Å². The van der Waals surface area contributed by atoms with Crippen LogP contribution in [0.25, 0.3) is 11.6 Å². The Hall–Kier alpha value is -3.29. The number of benzene rings is 1. The number of para-hydroxylation sites is 1. The van der Waals surface area contributed by atoms with Gasteiger partial charge in [0.25, 0.3) is 11.8 Å². The van der Waals surface area contributed by atoms with E-state index in [1.54, 1.807) is 36.7 Å². The Morgan fingerprint density at radius 3 is 2.96 bits per heavy atom. The van der Waals surface area contributed by atoms with Crippen LogP contribution in [0.4, 0.5) is 0 Å². The van der Waals surface area contributed by atoms with E-state index in [1.807, 2.05) is 19.1 Å². The third-order valence-electron chi connectivity index (χ3n) is 4.69. The second-order valence-corrected chi connectivity index (χ2v) is 6.43. The molecule has 0 radical (unpaired) electrons. The standard InChI is InChI=1S/C19H19N5O3/c1-12-4-3-5-14(16(12)26-2)19(25)24-9-6-13(11-24)17-22-23-18(27-17)15-10-20-7-8-21-15/h3-5,7-8,10,13H,6,9,11H2,1-2H3/t13-/m0/s1. The Bertz CT molecular complexity index is 957. The molecule has 0 spiro atoms. The molecule has 4 rings (SSSR count). The van der Waals surface area contributed by atoms with E-state index < -0.39 is 0 Å². The van der Waals surface area contributed by atoms with Crippen LogP contribution in [0.15, 0.2) is 41.2 Å². The average Bonchev–Trinajstić information content (AvgIpc) is 3.37. The molecule has 27 heavy (non-hydrogen) atoms.